The number of alkyl carbamates (subject to hydrolysis) is 1. The molecule has 29 heavy (non-hydrogen) atoms. The summed E-state index contributed by atoms with van der Waals surface area (Å²) in [4.78, 5) is 28.6. The second-order valence-corrected chi connectivity index (χ2v) is 7.45. The first-order valence-corrected chi connectivity index (χ1v) is 10.2. The molecular formula is C22H20N2O4S. The number of ether oxygens (including phenoxy) is 2. The fourth-order valence-corrected chi connectivity index (χ4v) is 4.24. The number of carbonyl (C=O) groups is 2. The first-order valence-electron chi connectivity index (χ1n) is 9.23. The highest BCUT2D eigenvalue weighted by molar-refractivity contribution is 7.07. The zero-order valence-electron chi connectivity index (χ0n) is 15.8. The predicted molar refractivity (Wildman–Crippen MR) is 110 cm³/mol. The smallest absolute Gasteiger partial charge is 0.407 e. The molecule has 0 saturated heterocycles. The number of nitrogens with zero attached hydrogens (tertiary/aromatic N) is 1. The SMILES string of the molecule is COC(=O)[C@H](Cc1cscn1)NC(=O)OCC1c2ccccc2-c2ccccc21. The van der Waals surface area contributed by atoms with Crippen molar-refractivity contribution < 1.29 is 19.1 Å². The van der Waals surface area contributed by atoms with Crippen LogP contribution >= 0.6 is 11.3 Å². The number of rotatable bonds is 6. The summed E-state index contributed by atoms with van der Waals surface area (Å²) in [5.41, 5.74) is 6.98. The average molecular weight is 408 g/mol. The number of hydrogen-bond acceptors (Lipinski definition) is 6. The van der Waals surface area contributed by atoms with Gasteiger partial charge < -0.3 is 14.8 Å². The average Bonchev–Trinajstić information content (AvgIpc) is 3.37. The van der Waals surface area contributed by atoms with Crippen molar-refractivity contribution in [3.63, 3.8) is 0 Å². The molecule has 6 nitrogen and oxygen atoms in total. The molecule has 1 amide bonds. The minimum absolute atomic E-state index is 0.0386. The lowest BCUT2D eigenvalue weighted by Crippen LogP contribution is -2.43. The largest absolute Gasteiger partial charge is 0.467 e. The fourth-order valence-electron chi connectivity index (χ4n) is 3.67. The van der Waals surface area contributed by atoms with E-state index >= 15 is 0 Å². The molecule has 1 aromatic heterocycles. The van der Waals surface area contributed by atoms with Gasteiger partial charge in [0, 0.05) is 17.7 Å². The van der Waals surface area contributed by atoms with Crippen LogP contribution in [-0.4, -0.2) is 36.8 Å². The standard InChI is InChI=1S/C22H20N2O4S/c1-27-21(25)20(10-14-12-29-13-23-14)24-22(26)28-11-19-17-8-4-2-6-15(17)16-7-3-5-9-18(16)19/h2-9,12-13,19-20H,10-11H2,1H3,(H,24,26)/t20-/m0/s1. The van der Waals surface area contributed by atoms with Crippen LogP contribution in [0, 0.1) is 0 Å². The summed E-state index contributed by atoms with van der Waals surface area (Å²) in [5, 5.41) is 4.44. The van der Waals surface area contributed by atoms with E-state index in [4.69, 9.17) is 9.47 Å². The van der Waals surface area contributed by atoms with Gasteiger partial charge in [0.25, 0.3) is 0 Å². The Labute approximate surface area is 172 Å². The maximum Gasteiger partial charge on any atom is 0.407 e. The van der Waals surface area contributed by atoms with Crippen LogP contribution in [0.25, 0.3) is 11.1 Å². The third-order valence-corrected chi connectivity index (χ3v) is 5.65. The van der Waals surface area contributed by atoms with E-state index in [2.05, 4.69) is 34.6 Å². The third kappa shape index (κ3) is 4.00. The Morgan fingerprint density at radius 3 is 2.34 bits per heavy atom. The maximum absolute atomic E-state index is 12.4. The summed E-state index contributed by atoms with van der Waals surface area (Å²) in [6, 6.07) is 15.4. The zero-order valence-corrected chi connectivity index (χ0v) is 16.6. The predicted octanol–water partition coefficient (Wildman–Crippen LogP) is 3.77. The molecular weight excluding hydrogens is 388 g/mol. The maximum atomic E-state index is 12.4. The van der Waals surface area contributed by atoms with Crippen LogP contribution in [0.1, 0.15) is 22.7 Å². The summed E-state index contributed by atoms with van der Waals surface area (Å²) in [7, 11) is 1.29. The van der Waals surface area contributed by atoms with Crippen molar-refractivity contribution in [2.24, 2.45) is 0 Å². The van der Waals surface area contributed by atoms with E-state index in [1.807, 2.05) is 29.6 Å². The second-order valence-electron chi connectivity index (χ2n) is 6.73. The lowest BCUT2D eigenvalue weighted by molar-refractivity contribution is -0.143. The van der Waals surface area contributed by atoms with Gasteiger partial charge in [-0.1, -0.05) is 48.5 Å². The van der Waals surface area contributed by atoms with Crippen molar-refractivity contribution in [3.8, 4) is 11.1 Å². The molecule has 0 spiro atoms. The van der Waals surface area contributed by atoms with Crippen LogP contribution in [0.15, 0.2) is 59.4 Å². The highest BCUT2D eigenvalue weighted by Gasteiger charge is 2.30. The Kier molecular flexibility index (Phi) is 5.57. The van der Waals surface area contributed by atoms with E-state index in [1.54, 1.807) is 5.51 Å². The van der Waals surface area contributed by atoms with Gasteiger partial charge >= 0.3 is 12.1 Å². The molecule has 0 fully saturated rings. The summed E-state index contributed by atoms with van der Waals surface area (Å²) in [5.74, 6) is -0.574. The van der Waals surface area contributed by atoms with Crippen molar-refractivity contribution in [2.45, 2.75) is 18.4 Å². The van der Waals surface area contributed by atoms with Crippen LogP contribution in [0.2, 0.25) is 0 Å². The summed E-state index contributed by atoms with van der Waals surface area (Å²) >= 11 is 1.43. The van der Waals surface area contributed by atoms with E-state index in [0.29, 0.717) is 5.69 Å². The summed E-state index contributed by atoms with van der Waals surface area (Å²) < 4.78 is 10.3. The quantitative estimate of drug-likeness (QED) is 0.629. The number of thiazole rings is 1. The molecule has 1 heterocycles. The molecule has 0 bridgehead atoms. The van der Waals surface area contributed by atoms with E-state index in [0.717, 1.165) is 22.3 Å². The van der Waals surface area contributed by atoms with Gasteiger partial charge in [0.05, 0.1) is 18.3 Å². The van der Waals surface area contributed by atoms with Gasteiger partial charge in [0.15, 0.2) is 0 Å². The molecule has 0 aliphatic heterocycles. The van der Waals surface area contributed by atoms with E-state index in [-0.39, 0.29) is 18.9 Å². The number of amides is 1. The van der Waals surface area contributed by atoms with E-state index < -0.39 is 18.1 Å². The summed E-state index contributed by atoms with van der Waals surface area (Å²) in [6.45, 7) is 0.185. The fraction of sp³-hybridized carbons (Fsp3) is 0.227. The number of methoxy groups -OCH3 is 1. The first kappa shape index (κ1) is 19.1. The Hall–Kier alpha value is -3.19. The third-order valence-electron chi connectivity index (χ3n) is 5.02. The Morgan fingerprint density at radius 1 is 1.10 bits per heavy atom. The number of fused-ring (bicyclic) bond motifs is 3. The van der Waals surface area contributed by atoms with Gasteiger partial charge in [-0.15, -0.1) is 11.3 Å². The highest BCUT2D eigenvalue weighted by Crippen LogP contribution is 2.44. The Balaban J connectivity index is 1.44. The number of benzene rings is 2. The molecule has 148 valence electrons. The number of aromatic nitrogens is 1. The van der Waals surface area contributed by atoms with Crippen LogP contribution in [-0.2, 0) is 20.7 Å². The minimum atomic E-state index is -0.849. The molecule has 2 aromatic carbocycles. The molecule has 0 unspecified atom stereocenters. The molecule has 1 atom stereocenters. The lowest BCUT2D eigenvalue weighted by Gasteiger charge is -2.18. The van der Waals surface area contributed by atoms with Gasteiger partial charge in [-0.2, -0.15) is 0 Å². The number of esters is 1. The molecule has 1 N–H and O–H groups in total. The molecule has 0 radical (unpaired) electrons. The number of hydrogen-bond donors (Lipinski definition) is 1. The molecule has 1 aliphatic carbocycles. The first-order chi connectivity index (χ1) is 14.2. The Morgan fingerprint density at radius 2 is 1.76 bits per heavy atom. The van der Waals surface area contributed by atoms with Crippen molar-refractivity contribution >= 4 is 23.4 Å². The molecule has 7 heteroatoms. The molecule has 3 aromatic rings. The second kappa shape index (κ2) is 8.45. The van der Waals surface area contributed by atoms with Crippen molar-refractivity contribution in [1.82, 2.24) is 10.3 Å². The van der Waals surface area contributed by atoms with Crippen LogP contribution in [0.3, 0.4) is 0 Å². The minimum Gasteiger partial charge on any atom is -0.467 e. The van der Waals surface area contributed by atoms with Gasteiger partial charge in [-0.3, -0.25) is 0 Å². The number of nitrogens with one attached hydrogen (secondary N) is 1. The van der Waals surface area contributed by atoms with Crippen molar-refractivity contribution in [3.05, 3.63) is 76.2 Å². The van der Waals surface area contributed by atoms with Crippen molar-refractivity contribution in [1.29, 1.82) is 0 Å². The monoisotopic (exact) mass is 408 g/mol. The molecule has 4 rings (SSSR count). The van der Waals surface area contributed by atoms with Crippen LogP contribution in [0.4, 0.5) is 4.79 Å². The van der Waals surface area contributed by atoms with Crippen LogP contribution in [0.5, 0.6) is 0 Å². The lowest BCUT2D eigenvalue weighted by atomic mass is 9.98. The Bertz CT molecular complexity index is 974. The van der Waals surface area contributed by atoms with E-state index in [9.17, 15) is 9.59 Å². The molecule has 0 saturated carbocycles. The van der Waals surface area contributed by atoms with Crippen LogP contribution < -0.4 is 5.32 Å². The summed E-state index contributed by atoms with van der Waals surface area (Å²) in [6.07, 6.45) is -0.405. The van der Waals surface area contributed by atoms with E-state index in [1.165, 1.54) is 18.4 Å². The molecule has 1 aliphatic rings. The van der Waals surface area contributed by atoms with Gasteiger partial charge in [-0.05, 0) is 22.3 Å². The zero-order chi connectivity index (χ0) is 20.2. The van der Waals surface area contributed by atoms with Gasteiger partial charge in [-0.25, -0.2) is 14.6 Å². The van der Waals surface area contributed by atoms with Crippen molar-refractivity contribution in [2.75, 3.05) is 13.7 Å². The topological polar surface area (TPSA) is 77.5 Å². The normalized spacial score (nSPS) is 13.3. The highest BCUT2D eigenvalue weighted by atomic mass is 32.1. The van der Waals surface area contributed by atoms with Gasteiger partial charge in [0.1, 0.15) is 12.6 Å². The van der Waals surface area contributed by atoms with Gasteiger partial charge in [0.2, 0.25) is 0 Å². The number of carbonyl (C=O) groups excluding carboxylic acids is 2.